The maximum absolute atomic E-state index is 6.28. The fourth-order valence-electron chi connectivity index (χ4n) is 3.95. The summed E-state index contributed by atoms with van der Waals surface area (Å²) in [5, 5.41) is 4.08. The minimum absolute atomic E-state index is 0.349. The second kappa shape index (κ2) is 6.38. The topological polar surface area (TPSA) is 30.2 Å². The molecule has 4 nitrogen and oxygen atoms in total. The average Bonchev–Trinajstić information content (AvgIpc) is 2.61. The molecule has 4 rings (SSSR count). The highest BCUT2D eigenvalue weighted by atomic mass is 35.5. The summed E-state index contributed by atoms with van der Waals surface area (Å²) >= 11 is 6.28. The number of pyridine rings is 1. The predicted octanol–water partition coefficient (Wildman–Crippen LogP) is 1.75. The zero-order valence-electron chi connectivity index (χ0n) is 16.1. The lowest BCUT2D eigenvalue weighted by atomic mass is 9.98. The van der Waals surface area contributed by atoms with E-state index in [1.165, 1.54) is 10.9 Å². The molecule has 1 atom stereocenters. The van der Waals surface area contributed by atoms with Crippen LogP contribution < -0.4 is 20.1 Å². The summed E-state index contributed by atoms with van der Waals surface area (Å²) in [5.41, 5.74) is 2.23. The van der Waals surface area contributed by atoms with E-state index in [1.807, 2.05) is 18.2 Å². The molecule has 1 aromatic carbocycles. The van der Waals surface area contributed by atoms with Crippen LogP contribution in [0, 0.1) is 5.92 Å². The van der Waals surface area contributed by atoms with Gasteiger partial charge in [-0.15, -0.1) is 0 Å². The minimum Gasteiger partial charge on any atom is -0.339 e. The fraction of sp³-hybridized carbons (Fsp3) is 0.476. The molecule has 0 spiro atoms. The number of nitrogens with zero attached hydrogens (tertiary/aromatic N) is 4. The van der Waals surface area contributed by atoms with E-state index in [0.717, 1.165) is 64.2 Å². The van der Waals surface area contributed by atoms with Crippen molar-refractivity contribution in [3.63, 3.8) is 0 Å². The Kier molecular flexibility index (Phi) is 4.31. The molecule has 26 heavy (non-hydrogen) atoms. The summed E-state index contributed by atoms with van der Waals surface area (Å²) in [4.78, 5) is 7.44. The van der Waals surface area contributed by atoms with E-state index in [0.29, 0.717) is 5.92 Å². The number of piperazine rings is 1. The third-order valence-corrected chi connectivity index (χ3v) is 5.99. The maximum atomic E-state index is 6.28. The van der Waals surface area contributed by atoms with Crippen LogP contribution in [-0.2, 0) is 0 Å². The number of hydrogen-bond donors (Lipinski definition) is 0. The number of likely N-dealkylation sites (N-methyl/N-ethyl adjacent to an activating group) is 1. The molecule has 1 unspecified atom stereocenters. The van der Waals surface area contributed by atoms with Crippen LogP contribution in [0.15, 0.2) is 18.2 Å². The zero-order valence-corrected chi connectivity index (χ0v) is 16.8. The van der Waals surface area contributed by atoms with Crippen molar-refractivity contribution in [1.82, 2.24) is 9.65 Å². The van der Waals surface area contributed by atoms with Gasteiger partial charge in [0, 0.05) is 16.8 Å². The Morgan fingerprint density at radius 2 is 2.00 bits per heavy atom. The van der Waals surface area contributed by atoms with Gasteiger partial charge in [0.25, 0.3) is 5.71 Å². The molecule has 5 heteroatoms. The summed E-state index contributed by atoms with van der Waals surface area (Å²) in [6.07, 6.45) is 3.31. The van der Waals surface area contributed by atoms with Crippen LogP contribution in [0.1, 0.15) is 20.3 Å². The van der Waals surface area contributed by atoms with Crippen LogP contribution in [0.25, 0.3) is 17.0 Å². The van der Waals surface area contributed by atoms with Gasteiger partial charge in [-0.05, 0) is 25.1 Å². The van der Waals surface area contributed by atoms with E-state index in [-0.39, 0.29) is 0 Å². The average molecular weight is 371 g/mol. The van der Waals surface area contributed by atoms with Crippen LogP contribution in [0.4, 0.5) is 5.82 Å². The van der Waals surface area contributed by atoms with Gasteiger partial charge in [0.1, 0.15) is 0 Å². The summed E-state index contributed by atoms with van der Waals surface area (Å²) in [7, 11) is 4.59. The number of hydrogen-bond acceptors (Lipinski definition) is 2. The van der Waals surface area contributed by atoms with Crippen LogP contribution in [0.3, 0.4) is 0 Å². The lowest BCUT2D eigenvalue weighted by molar-refractivity contribution is -0.890. The summed E-state index contributed by atoms with van der Waals surface area (Å²) in [5.74, 6) is 1.38. The summed E-state index contributed by atoms with van der Waals surface area (Å²) in [6.45, 7) is 8.68. The quantitative estimate of drug-likeness (QED) is 0.595. The summed E-state index contributed by atoms with van der Waals surface area (Å²) in [6, 6.07) is 5.98. The molecular formula is C21H27ClN4+2. The van der Waals surface area contributed by atoms with Gasteiger partial charge >= 0.3 is 5.36 Å². The number of anilines is 1. The molecule has 0 amide bonds. The Labute approximate surface area is 159 Å². The molecule has 0 saturated carbocycles. The molecule has 0 bridgehead atoms. The molecule has 1 aromatic heterocycles. The number of rotatable bonds is 2. The fourth-order valence-corrected chi connectivity index (χ4v) is 4.12. The number of fused-ring (bicyclic) bond motifs is 3. The van der Waals surface area contributed by atoms with Gasteiger partial charge < -0.3 is 9.38 Å². The van der Waals surface area contributed by atoms with E-state index >= 15 is 0 Å². The largest absolute Gasteiger partial charge is 0.376 e. The van der Waals surface area contributed by atoms with Crippen molar-refractivity contribution in [3.8, 4) is 0 Å². The smallest absolute Gasteiger partial charge is 0.339 e. The van der Waals surface area contributed by atoms with Gasteiger partial charge in [-0.2, -0.15) is 0 Å². The number of aromatic nitrogens is 1. The van der Waals surface area contributed by atoms with Crippen LogP contribution in [0.2, 0.25) is 5.02 Å². The third kappa shape index (κ3) is 3.03. The van der Waals surface area contributed by atoms with Crippen molar-refractivity contribution in [3.05, 3.63) is 33.8 Å². The lowest BCUT2D eigenvalue weighted by Gasteiger charge is -2.39. The highest BCUT2D eigenvalue weighted by Gasteiger charge is 2.30. The first-order valence-corrected chi connectivity index (χ1v) is 9.88. The molecule has 2 aliphatic rings. The van der Waals surface area contributed by atoms with Gasteiger partial charge in [0.05, 0.1) is 56.9 Å². The normalized spacial score (nSPS) is 21.7. The van der Waals surface area contributed by atoms with Crippen LogP contribution >= 0.6 is 11.6 Å². The Morgan fingerprint density at radius 1 is 1.27 bits per heavy atom. The van der Waals surface area contributed by atoms with Crippen molar-refractivity contribution in [2.45, 2.75) is 20.3 Å². The van der Waals surface area contributed by atoms with E-state index in [2.05, 4.69) is 38.9 Å². The third-order valence-electron chi connectivity index (χ3n) is 5.75. The molecule has 3 heterocycles. The second-order valence-electron chi connectivity index (χ2n) is 8.14. The highest BCUT2D eigenvalue weighted by molar-refractivity contribution is 6.31. The van der Waals surface area contributed by atoms with E-state index < -0.39 is 0 Å². The SMILES string of the molecule is CCC1=[N+]=c2c(N3CC[N+](C)(C)CC3)nc3ccc(Cl)cc3c2=CC1C. The number of halogens is 1. The summed E-state index contributed by atoms with van der Waals surface area (Å²) < 4.78 is 6.13. The maximum Gasteiger partial charge on any atom is 0.376 e. The Hall–Kier alpha value is -1.87. The van der Waals surface area contributed by atoms with Crippen LogP contribution in [0.5, 0.6) is 0 Å². The molecule has 136 valence electrons. The number of benzene rings is 1. The predicted molar refractivity (Wildman–Crippen MR) is 110 cm³/mol. The van der Waals surface area contributed by atoms with Crippen molar-refractivity contribution in [1.29, 1.82) is 0 Å². The van der Waals surface area contributed by atoms with Crippen molar-refractivity contribution >= 4 is 40.1 Å². The van der Waals surface area contributed by atoms with E-state index in [4.69, 9.17) is 21.3 Å². The van der Waals surface area contributed by atoms with Gasteiger partial charge in [-0.3, -0.25) is 0 Å². The molecular weight excluding hydrogens is 344 g/mol. The first-order chi connectivity index (χ1) is 12.4. The molecule has 2 aliphatic heterocycles. The van der Waals surface area contributed by atoms with Crippen molar-refractivity contribution in [2.75, 3.05) is 45.2 Å². The molecule has 0 N–H and O–H groups in total. The highest BCUT2D eigenvalue weighted by Crippen LogP contribution is 2.19. The van der Waals surface area contributed by atoms with Crippen molar-refractivity contribution in [2.24, 2.45) is 5.92 Å². The first kappa shape index (κ1) is 17.5. The van der Waals surface area contributed by atoms with E-state index in [9.17, 15) is 0 Å². The van der Waals surface area contributed by atoms with Gasteiger partial charge in [-0.1, -0.05) is 29.3 Å². The monoisotopic (exact) mass is 370 g/mol. The van der Waals surface area contributed by atoms with E-state index in [1.54, 1.807) is 0 Å². The minimum atomic E-state index is 0.349. The molecule has 0 aliphatic carbocycles. The molecule has 1 saturated heterocycles. The van der Waals surface area contributed by atoms with Crippen molar-refractivity contribution < 1.29 is 4.48 Å². The Morgan fingerprint density at radius 3 is 2.69 bits per heavy atom. The second-order valence-corrected chi connectivity index (χ2v) is 8.58. The lowest BCUT2D eigenvalue weighted by Crippen LogP contribution is -2.56. The number of quaternary nitrogens is 1. The molecule has 2 aromatic rings. The Balaban J connectivity index is 2.00. The first-order valence-electron chi connectivity index (χ1n) is 9.50. The molecule has 1 fully saturated rings. The molecule has 0 radical (unpaired) electrons. The van der Waals surface area contributed by atoms with Gasteiger partial charge in [0.2, 0.25) is 5.82 Å². The van der Waals surface area contributed by atoms with Gasteiger partial charge in [-0.25, -0.2) is 4.98 Å². The Bertz CT molecular complexity index is 1020. The standard InChI is InChI=1S/C21H27ClN4/c1-5-18-14(2)12-17-16-13-15(22)6-7-19(16)24-21(20(17)23-18)25-8-10-26(3,4)11-9-25/h6-7,12-14H,5,8-11H2,1-4H3/q+2. The van der Waals surface area contributed by atoms with Crippen LogP contribution in [-0.4, -0.2) is 55.5 Å². The zero-order chi connectivity index (χ0) is 18.5. The van der Waals surface area contributed by atoms with Gasteiger partial charge in [0.15, 0.2) is 0 Å².